The van der Waals surface area contributed by atoms with E-state index >= 15 is 0 Å². The number of nitrogens with one attached hydrogen (secondary N) is 2. The van der Waals surface area contributed by atoms with E-state index in [1.54, 1.807) is 6.66 Å². The van der Waals surface area contributed by atoms with E-state index < -0.39 is 169 Å². The second-order valence-electron chi connectivity index (χ2n) is 13.3. The molecule has 0 aromatic carbocycles. The van der Waals surface area contributed by atoms with Crippen LogP contribution in [0.4, 0.5) is 0 Å². The number of carbonyl (C=O) groups excluding carboxylic acids is 2. The lowest BCUT2D eigenvalue weighted by Gasteiger charge is -2.48. The van der Waals surface area contributed by atoms with Crippen molar-refractivity contribution in [3.8, 4) is 0 Å². The lowest BCUT2D eigenvalue weighted by atomic mass is 9.95. The van der Waals surface area contributed by atoms with Gasteiger partial charge in [-0.1, -0.05) is 8.93 Å². The van der Waals surface area contributed by atoms with Crippen molar-refractivity contribution >= 4 is 28.6 Å². The Kier molecular flexibility index (Phi) is 17.1. The SMILES string of the molecule is CC(=O)NC1[C@H](OC2[C@@H](OP(C)P)OC(CO[C@@H]3OC(CO)[C@@H](O[C@@H]4OC(CO)[C@H](O)[C@H](O)C4O)[C@H](O)C3NC(C)=O)[C@@H](O)[C@@H]2O)OC(CO)[C@@H](O)[C@@H]1O. The van der Waals surface area contributed by atoms with Gasteiger partial charge in [0.05, 0.1) is 26.4 Å². The summed E-state index contributed by atoms with van der Waals surface area (Å²) in [5.41, 5.74) is 0. The molecule has 4 heterocycles. The van der Waals surface area contributed by atoms with Gasteiger partial charge in [-0.15, -0.1) is 0 Å². The zero-order valence-electron chi connectivity index (χ0n) is 29.4. The lowest BCUT2D eigenvalue weighted by Crippen LogP contribution is -2.68. The molecule has 0 aromatic heterocycles. The molecule has 0 aromatic rings. The first-order chi connectivity index (χ1) is 25.4. The first-order valence-corrected chi connectivity index (χ1v) is 20.3. The van der Waals surface area contributed by atoms with Gasteiger partial charge in [-0.2, -0.15) is 0 Å². The molecule has 0 spiro atoms. The van der Waals surface area contributed by atoms with Crippen LogP contribution in [-0.2, 0) is 47.3 Å². The third-order valence-corrected chi connectivity index (χ3v) is 10.1. The summed E-state index contributed by atoms with van der Waals surface area (Å²) in [6.07, 6.45) is -29.3. The highest BCUT2D eigenvalue weighted by atomic mass is 32.0. The maximum absolute atomic E-state index is 12.2. The average Bonchev–Trinajstić information content (AvgIpc) is 3.11. The number of rotatable bonds is 14. The Morgan fingerprint density at radius 2 is 1.04 bits per heavy atom. The predicted octanol–water partition coefficient (Wildman–Crippen LogP) is -7.62. The van der Waals surface area contributed by atoms with Gasteiger partial charge in [0.15, 0.2) is 25.2 Å². The number of ether oxygens (including phenoxy) is 7. The van der Waals surface area contributed by atoms with Crippen LogP contribution >= 0.6 is 16.8 Å². The highest BCUT2D eigenvalue weighted by molar-refractivity contribution is 8.10. The normalized spacial score (nSPS) is 46.4. The first-order valence-electron chi connectivity index (χ1n) is 16.9. The average molecular weight is 827 g/mol. The Morgan fingerprint density at radius 3 is 1.57 bits per heavy atom. The van der Waals surface area contributed by atoms with Gasteiger partial charge in [0, 0.05) is 21.7 Å². The van der Waals surface area contributed by atoms with Crippen LogP contribution in [-0.4, -0.2) is 224 Å². The van der Waals surface area contributed by atoms with Gasteiger partial charge in [-0.25, -0.2) is 0 Å². The Labute approximate surface area is 312 Å². The van der Waals surface area contributed by atoms with E-state index in [1.807, 2.05) is 0 Å². The zero-order chi connectivity index (χ0) is 40.2. The van der Waals surface area contributed by atoms with Crippen molar-refractivity contribution in [2.45, 2.75) is 137 Å². The molecule has 0 saturated carbocycles. The Hall–Kier alpha value is -0.960. The molecular formula is C29H52N2O21P2. The molecular weight excluding hydrogens is 774 g/mol. The van der Waals surface area contributed by atoms with Gasteiger partial charge in [0.25, 0.3) is 0 Å². The predicted molar refractivity (Wildman–Crippen MR) is 179 cm³/mol. The van der Waals surface area contributed by atoms with Crippen LogP contribution in [0.5, 0.6) is 0 Å². The van der Waals surface area contributed by atoms with Gasteiger partial charge in [-0.05, 0) is 6.66 Å². The summed E-state index contributed by atoms with van der Waals surface area (Å²) in [7, 11) is 1.05. The van der Waals surface area contributed by atoms with Crippen LogP contribution in [0.1, 0.15) is 13.8 Å². The third kappa shape index (κ3) is 10.6. The first kappa shape index (κ1) is 45.7. The second kappa shape index (κ2) is 20.1. The highest BCUT2D eigenvalue weighted by Gasteiger charge is 2.54. The summed E-state index contributed by atoms with van der Waals surface area (Å²) in [5, 5.41) is 120. The number of carbonyl (C=O) groups is 2. The third-order valence-electron chi connectivity index (χ3n) is 9.24. The maximum Gasteiger partial charge on any atom is 0.217 e. The molecule has 23 nitrogen and oxygen atoms in total. The van der Waals surface area contributed by atoms with Crippen molar-refractivity contribution < 1.29 is 103 Å². The molecule has 22 atom stereocenters. The van der Waals surface area contributed by atoms with E-state index in [4.69, 9.17) is 37.7 Å². The molecule has 54 heavy (non-hydrogen) atoms. The van der Waals surface area contributed by atoms with E-state index in [-0.39, 0.29) is 0 Å². The van der Waals surface area contributed by atoms with Gasteiger partial charge < -0.3 is 104 Å². The number of aliphatic hydroxyl groups is 11. The van der Waals surface area contributed by atoms with Crippen LogP contribution in [0.3, 0.4) is 0 Å². The van der Waals surface area contributed by atoms with E-state index in [0.717, 1.165) is 13.8 Å². The molecule has 314 valence electrons. The van der Waals surface area contributed by atoms with Gasteiger partial charge >= 0.3 is 0 Å². The summed E-state index contributed by atoms with van der Waals surface area (Å²) < 4.78 is 46.0. The molecule has 4 fully saturated rings. The van der Waals surface area contributed by atoms with Crippen molar-refractivity contribution in [2.24, 2.45) is 0 Å². The molecule has 0 bridgehead atoms. The van der Waals surface area contributed by atoms with Crippen LogP contribution in [0.15, 0.2) is 0 Å². The van der Waals surface area contributed by atoms with E-state index in [9.17, 15) is 65.8 Å². The van der Waals surface area contributed by atoms with E-state index in [1.165, 1.54) is 0 Å². The zero-order valence-corrected chi connectivity index (χ0v) is 31.5. The number of hydrogen-bond donors (Lipinski definition) is 13. The van der Waals surface area contributed by atoms with Crippen molar-refractivity contribution in [1.29, 1.82) is 0 Å². The molecule has 4 aliphatic rings. The largest absolute Gasteiger partial charge is 0.394 e. The molecule has 25 heteroatoms. The minimum Gasteiger partial charge on any atom is -0.394 e. The lowest BCUT2D eigenvalue weighted by molar-refractivity contribution is -0.357. The number of aliphatic hydroxyl groups excluding tert-OH is 11. The Balaban J connectivity index is 1.50. The van der Waals surface area contributed by atoms with E-state index in [0.29, 0.717) is 0 Å². The molecule has 13 N–H and O–H groups in total. The standard InChI is InChI=1S/C29H52N2O21P2/c1-8(35)30-14-19(40)16(37)10(4-32)46-27(14)51-25-22(43)18(39)13(49-29(25)52-54(3)53)7-45-26-15(31-9(2)36)20(41)24(12(6-34)48-26)50-28-23(44)21(42)17(38)11(5-33)47-28/h10-29,32-34,37-44H,4-7,53H2,1-3H3,(H,30,35)(H,31,36)/t10?,11?,12?,13?,14?,15?,16-,17+,18-,19-,20-,21+,22+,23?,24-,25?,26-,27+,28+,29-,54?/m1/s1. The summed E-state index contributed by atoms with van der Waals surface area (Å²) in [4.78, 5) is 24.1. The van der Waals surface area contributed by atoms with Gasteiger partial charge in [-0.3, -0.25) is 9.59 Å². The fraction of sp³-hybridized carbons (Fsp3) is 0.931. The van der Waals surface area contributed by atoms with Crippen molar-refractivity contribution in [3.63, 3.8) is 0 Å². The summed E-state index contributed by atoms with van der Waals surface area (Å²) in [6.45, 7) is 0.926. The molecule has 2 amide bonds. The quantitative estimate of drug-likeness (QED) is 0.0723. The molecule has 4 saturated heterocycles. The smallest absolute Gasteiger partial charge is 0.217 e. The Morgan fingerprint density at radius 1 is 0.574 bits per heavy atom. The van der Waals surface area contributed by atoms with Crippen molar-refractivity contribution in [1.82, 2.24) is 10.6 Å². The molecule has 4 aliphatic heterocycles. The Bertz CT molecular complexity index is 1210. The highest BCUT2D eigenvalue weighted by Crippen LogP contribution is 2.45. The maximum atomic E-state index is 12.2. The van der Waals surface area contributed by atoms with Crippen molar-refractivity contribution in [3.05, 3.63) is 0 Å². The molecule has 4 rings (SSSR count). The van der Waals surface area contributed by atoms with Crippen LogP contribution in [0, 0.1) is 0 Å². The minimum atomic E-state index is -1.87. The number of hydrogen-bond acceptors (Lipinski definition) is 21. The second-order valence-corrected chi connectivity index (χ2v) is 16.8. The topological polar surface area (TPSA) is 355 Å². The molecule has 10 unspecified atom stereocenters. The molecule has 0 aliphatic carbocycles. The summed E-state index contributed by atoms with van der Waals surface area (Å²) in [5.74, 6) is -1.32. The number of amides is 2. The summed E-state index contributed by atoms with van der Waals surface area (Å²) >= 11 is 0. The molecule has 0 radical (unpaired) electrons. The monoisotopic (exact) mass is 826 g/mol. The van der Waals surface area contributed by atoms with Crippen molar-refractivity contribution in [2.75, 3.05) is 33.1 Å². The van der Waals surface area contributed by atoms with Crippen LogP contribution in [0.2, 0.25) is 0 Å². The fourth-order valence-electron chi connectivity index (χ4n) is 6.47. The van der Waals surface area contributed by atoms with Gasteiger partial charge in [0.1, 0.15) is 97.5 Å². The minimum absolute atomic E-state index is 0.612. The van der Waals surface area contributed by atoms with Crippen LogP contribution in [0.25, 0.3) is 0 Å². The summed E-state index contributed by atoms with van der Waals surface area (Å²) in [6, 6.07) is -2.86. The van der Waals surface area contributed by atoms with Gasteiger partial charge in [0.2, 0.25) is 11.8 Å². The fourth-order valence-corrected chi connectivity index (χ4v) is 7.33. The van der Waals surface area contributed by atoms with Crippen LogP contribution < -0.4 is 10.6 Å². The van der Waals surface area contributed by atoms with E-state index in [2.05, 4.69) is 19.6 Å².